The van der Waals surface area contributed by atoms with Crippen LogP contribution in [0.3, 0.4) is 0 Å². The minimum Gasteiger partial charge on any atom is -0.376 e. The number of aromatic nitrogens is 3. The molecule has 2 heterocycles. The van der Waals surface area contributed by atoms with Gasteiger partial charge >= 0.3 is 0 Å². The molecule has 0 saturated heterocycles. The zero-order valence-electron chi connectivity index (χ0n) is 12.9. The van der Waals surface area contributed by atoms with Crippen LogP contribution in [0, 0.1) is 0 Å². The number of hydrogen-bond acceptors (Lipinski definition) is 4. The summed E-state index contributed by atoms with van der Waals surface area (Å²) in [5.41, 5.74) is 0.934. The normalized spacial score (nSPS) is 13.3. The average Bonchev–Trinajstić information content (AvgIpc) is 3.09. The second kappa shape index (κ2) is 8.74. The molecule has 1 aromatic heterocycles. The molecule has 0 aliphatic carbocycles. The Morgan fingerprint density at radius 1 is 1.26 bits per heavy atom. The zero-order valence-corrected chi connectivity index (χ0v) is 14.5. The Kier molecular flexibility index (Phi) is 7.32. The lowest BCUT2D eigenvalue weighted by Crippen LogP contribution is -2.33. The second-order valence-corrected chi connectivity index (χ2v) is 5.24. The van der Waals surface area contributed by atoms with Gasteiger partial charge in [0.2, 0.25) is 5.91 Å². The third-order valence-corrected chi connectivity index (χ3v) is 3.63. The van der Waals surface area contributed by atoms with Crippen molar-refractivity contribution in [2.75, 3.05) is 11.9 Å². The molecule has 1 amide bonds. The molecule has 1 aromatic carbocycles. The zero-order chi connectivity index (χ0) is 14.7. The number of carbonyl (C=O) groups excluding carboxylic acids is 1. The largest absolute Gasteiger partial charge is 0.376 e. The van der Waals surface area contributed by atoms with Crippen LogP contribution in [0.1, 0.15) is 31.0 Å². The molecule has 1 aliphatic rings. The van der Waals surface area contributed by atoms with Crippen LogP contribution in [0.15, 0.2) is 30.3 Å². The number of hydrogen-bond donors (Lipinski definition) is 2. The quantitative estimate of drug-likeness (QED) is 0.861. The Bertz CT molecular complexity index is 632. The lowest BCUT2D eigenvalue weighted by molar-refractivity contribution is -0.120. The highest BCUT2D eigenvalue weighted by molar-refractivity contribution is 5.85. The highest BCUT2D eigenvalue weighted by atomic mass is 35.5. The number of aryl methyl sites for hydroxylation is 1. The van der Waals surface area contributed by atoms with Crippen LogP contribution in [-0.2, 0) is 17.8 Å². The molecule has 6 nitrogen and oxygen atoms in total. The van der Waals surface area contributed by atoms with E-state index in [1.807, 2.05) is 37.3 Å². The van der Waals surface area contributed by atoms with E-state index in [0.29, 0.717) is 0 Å². The first-order valence-corrected chi connectivity index (χ1v) is 7.24. The van der Waals surface area contributed by atoms with E-state index in [1.165, 1.54) is 0 Å². The van der Waals surface area contributed by atoms with Crippen LogP contribution < -0.4 is 10.6 Å². The fraction of sp³-hybridized carbons (Fsp3) is 0.400. The molecule has 126 valence electrons. The van der Waals surface area contributed by atoms with Gasteiger partial charge in [0, 0.05) is 18.7 Å². The van der Waals surface area contributed by atoms with E-state index in [2.05, 4.69) is 25.4 Å². The number of halogens is 2. The van der Waals surface area contributed by atoms with Gasteiger partial charge in [-0.15, -0.1) is 35.0 Å². The molecule has 1 aliphatic heterocycles. The average molecular weight is 358 g/mol. The molecule has 0 bridgehead atoms. The number of nitrogens with one attached hydrogen (secondary N) is 2. The van der Waals surface area contributed by atoms with Crippen LogP contribution >= 0.6 is 24.8 Å². The smallest absolute Gasteiger partial charge is 0.239 e. The van der Waals surface area contributed by atoms with Gasteiger partial charge in [-0.05, 0) is 25.5 Å². The van der Waals surface area contributed by atoms with Crippen molar-refractivity contribution in [3.8, 4) is 0 Å². The van der Waals surface area contributed by atoms with Crippen molar-refractivity contribution in [2.24, 2.45) is 0 Å². The summed E-state index contributed by atoms with van der Waals surface area (Å²) in [5.74, 6) is 1.81. The van der Waals surface area contributed by atoms with E-state index >= 15 is 0 Å². The van der Waals surface area contributed by atoms with Crippen molar-refractivity contribution >= 4 is 36.4 Å². The Labute approximate surface area is 147 Å². The first kappa shape index (κ1) is 19.3. The van der Waals surface area contributed by atoms with Gasteiger partial charge in [0.1, 0.15) is 5.82 Å². The van der Waals surface area contributed by atoms with Crippen LogP contribution in [-0.4, -0.2) is 27.2 Å². The maximum Gasteiger partial charge on any atom is 0.239 e. The molecule has 3 rings (SSSR count). The molecule has 1 atom stereocenters. The van der Waals surface area contributed by atoms with E-state index in [9.17, 15) is 4.79 Å². The van der Waals surface area contributed by atoms with Gasteiger partial charge in [-0.25, -0.2) is 0 Å². The number of rotatable bonds is 5. The fourth-order valence-electron chi connectivity index (χ4n) is 2.59. The van der Waals surface area contributed by atoms with E-state index in [0.717, 1.165) is 36.7 Å². The number of nitrogens with zero attached hydrogens (tertiary/aromatic N) is 3. The fourth-order valence-corrected chi connectivity index (χ4v) is 2.59. The van der Waals surface area contributed by atoms with E-state index in [-0.39, 0.29) is 43.3 Å². The van der Waals surface area contributed by atoms with Crippen molar-refractivity contribution in [1.82, 2.24) is 20.1 Å². The topological polar surface area (TPSA) is 71.8 Å². The third kappa shape index (κ3) is 4.59. The van der Waals surface area contributed by atoms with Crippen molar-refractivity contribution in [3.05, 3.63) is 42.0 Å². The maximum atomic E-state index is 12.0. The summed E-state index contributed by atoms with van der Waals surface area (Å²) < 4.78 is 2.11. The molecule has 23 heavy (non-hydrogen) atoms. The van der Waals surface area contributed by atoms with Gasteiger partial charge in [0.05, 0.1) is 12.6 Å². The van der Waals surface area contributed by atoms with Crippen molar-refractivity contribution in [1.29, 1.82) is 0 Å². The number of benzene rings is 1. The Morgan fingerprint density at radius 3 is 2.74 bits per heavy atom. The Hall–Kier alpha value is -1.79. The van der Waals surface area contributed by atoms with Crippen LogP contribution in [0.5, 0.6) is 0 Å². The van der Waals surface area contributed by atoms with Crippen LogP contribution in [0.4, 0.5) is 5.69 Å². The van der Waals surface area contributed by atoms with E-state index in [1.54, 1.807) is 0 Å². The highest BCUT2D eigenvalue weighted by Crippen LogP contribution is 2.18. The van der Waals surface area contributed by atoms with E-state index in [4.69, 9.17) is 0 Å². The summed E-state index contributed by atoms with van der Waals surface area (Å²) in [6.07, 6.45) is 2.08. The summed E-state index contributed by atoms with van der Waals surface area (Å²) in [7, 11) is 0. The summed E-state index contributed by atoms with van der Waals surface area (Å²) >= 11 is 0. The summed E-state index contributed by atoms with van der Waals surface area (Å²) in [4.78, 5) is 12.0. The maximum absolute atomic E-state index is 12.0. The van der Waals surface area contributed by atoms with Crippen LogP contribution in [0.2, 0.25) is 0 Å². The summed E-state index contributed by atoms with van der Waals surface area (Å²) in [6, 6.07) is 9.54. The Balaban J connectivity index is 0.00000132. The standard InChI is InChI=1S/C15H19N5O.2ClH/c1-11(15-19-18-13-8-5-9-20(13)15)17-14(21)10-16-12-6-3-2-4-7-12;;/h2-4,6-7,11,16H,5,8-10H2,1H3,(H,17,21);2*1H. The van der Waals surface area contributed by atoms with Crippen LogP contribution in [0.25, 0.3) is 0 Å². The molecule has 8 heteroatoms. The molecule has 1 unspecified atom stereocenters. The monoisotopic (exact) mass is 357 g/mol. The van der Waals surface area contributed by atoms with Gasteiger partial charge < -0.3 is 15.2 Å². The molecule has 2 N–H and O–H groups in total. The predicted octanol–water partition coefficient (Wildman–Crippen LogP) is 2.36. The Morgan fingerprint density at radius 2 is 2.00 bits per heavy atom. The van der Waals surface area contributed by atoms with Gasteiger partial charge in [-0.1, -0.05) is 18.2 Å². The molecule has 0 radical (unpaired) electrons. The molecule has 0 fully saturated rings. The summed E-state index contributed by atoms with van der Waals surface area (Å²) in [6.45, 7) is 3.13. The first-order chi connectivity index (χ1) is 10.2. The first-order valence-electron chi connectivity index (χ1n) is 7.24. The predicted molar refractivity (Wildman–Crippen MR) is 94.3 cm³/mol. The van der Waals surface area contributed by atoms with Gasteiger partial charge in [0.15, 0.2) is 5.82 Å². The highest BCUT2D eigenvalue weighted by Gasteiger charge is 2.22. The minimum absolute atomic E-state index is 0. The number of amides is 1. The lowest BCUT2D eigenvalue weighted by atomic mass is 10.3. The number of anilines is 1. The second-order valence-electron chi connectivity index (χ2n) is 5.24. The van der Waals surface area contributed by atoms with Gasteiger partial charge in [-0.2, -0.15) is 0 Å². The molecular formula is C15H21Cl2N5O. The SMILES string of the molecule is CC(NC(=O)CNc1ccccc1)c1nnc2n1CCC2.Cl.Cl. The van der Waals surface area contributed by atoms with Crippen molar-refractivity contribution < 1.29 is 4.79 Å². The molecule has 0 spiro atoms. The number of para-hydroxylation sites is 1. The number of carbonyl (C=O) groups is 1. The van der Waals surface area contributed by atoms with Crippen molar-refractivity contribution in [3.63, 3.8) is 0 Å². The third-order valence-electron chi connectivity index (χ3n) is 3.63. The minimum atomic E-state index is -0.130. The molecule has 0 saturated carbocycles. The van der Waals surface area contributed by atoms with Crippen molar-refractivity contribution in [2.45, 2.75) is 32.4 Å². The lowest BCUT2D eigenvalue weighted by Gasteiger charge is -2.14. The van der Waals surface area contributed by atoms with Gasteiger partial charge in [-0.3, -0.25) is 4.79 Å². The molecular weight excluding hydrogens is 337 g/mol. The summed E-state index contributed by atoms with van der Waals surface area (Å²) in [5, 5.41) is 14.4. The molecule has 2 aromatic rings. The van der Waals surface area contributed by atoms with E-state index < -0.39 is 0 Å². The van der Waals surface area contributed by atoms with Gasteiger partial charge in [0.25, 0.3) is 0 Å². The number of fused-ring (bicyclic) bond motifs is 1.